The van der Waals surface area contributed by atoms with Crippen molar-refractivity contribution in [3.8, 4) is 0 Å². The summed E-state index contributed by atoms with van der Waals surface area (Å²) in [6, 6.07) is 0.927. The maximum atomic E-state index is 12.7. The van der Waals surface area contributed by atoms with E-state index in [2.05, 4.69) is 88.1 Å². The van der Waals surface area contributed by atoms with Crippen molar-refractivity contribution >= 4 is 31.3 Å². The fourth-order valence-electron chi connectivity index (χ4n) is 7.32. The zero-order valence-corrected chi connectivity index (χ0v) is 37.7. The first-order valence-electron chi connectivity index (χ1n) is 20.7. The second-order valence-electron chi connectivity index (χ2n) is 18.6. The van der Waals surface area contributed by atoms with Crippen LogP contribution in [0.3, 0.4) is 0 Å². The molecule has 0 spiro atoms. The molecule has 2 unspecified atom stereocenters. The van der Waals surface area contributed by atoms with E-state index in [1.165, 1.54) is 6.26 Å². The summed E-state index contributed by atoms with van der Waals surface area (Å²) < 4.78 is 21.4. The number of carboxylic acids is 1. The number of amides is 1. The van der Waals surface area contributed by atoms with Gasteiger partial charge < -0.3 is 29.7 Å². The molecule has 0 aliphatic heterocycles. The first kappa shape index (κ1) is 44.7. The zero-order valence-electron chi connectivity index (χ0n) is 36.7. The normalized spacial score (nSPS) is 16.2. The highest BCUT2D eigenvalue weighted by Gasteiger charge is 2.33. The highest BCUT2D eigenvalue weighted by Crippen LogP contribution is 2.37. The molecule has 6 aromatic rings. The van der Waals surface area contributed by atoms with Crippen LogP contribution < -0.4 is 11.1 Å². The van der Waals surface area contributed by atoms with Gasteiger partial charge in [-0.2, -0.15) is 20.4 Å². The van der Waals surface area contributed by atoms with Gasteiger partial charge in [-0.1, -0.05) is 47.3 Å². The summed E-state index contributed by atoms with van der Waals surface area (Å²) in [5.74, 6) is 0.0420. The smallest absolute Gasteiger partial charge is 0.356 e. The van der Waals surface area contributed by atoms with Crippen LogP contribution in [0, 0.1) is 10.8 Å². The Morgan fingerprint density at radius 2 is 1.52 bits per heavy atom. The predicted octanol–water partition coefficient (Wildman–Crippen LogP) is 7.44. The summed E-state index contributed by atoms with van der Waals surface area (Å²) >= 11 is 0. The number of carbonyl (C=O) groups excluding carboxylic acids is 1. The number of fused-ring (bicyclic) bond motifs is 2. The zero-order chi connectivity index (χ0) is 44.1. The molecule has 61 heavy (non-hydrogen) atoms. The van der Waals surface area contributed by atoms with Crippen LogP contribution in [0.1, 0.15) is 122 Å². The van der Waals surface area contributed by atoms with Gasteiger partial charge in [0, 0.05) is 49.6 Å². The van der Waals surface area contributed by atoms with Crippen molar-refractivity contribution in [2.45, 2.75) is 125 Å². The number of aromatic amines is 1. The van der Waals surface area contributed by atoms with Crippen LogP contribution in [0.5, 0.6) is 0 Å². The van der Waals surface area contributed by atoms with Crippen molar-refractivity contribution in [1.29, 1.82) is 0 Å². The van der Waals surface area contributed by atoms with Crippen LogP contribution in [0.4, 0.5) is 11.4 Å². The Morgan fingerprint density at radius 1 is 0.918 bits per heavy atom. The predicted molar refractivity (Wildman–Crippen MR) is 231 cm³/mol. The summed E-state index contributed by atoms with van der Waals surface area (Å²) in [4.78, 5) is 32.2. The largest absolute Gasteiger partial charge is 0.476 e. The van der Waals surface area contributed by atoms with Crippen LogP contribution >= 0.6 is 0 Å². The number of ether oxygens (including phenoxy) is 1. The fourth-order valence-corrected chi connectivity index (χ4v) is 8.08. The van der Waals surface area contributed by atoms with Crippen LogP contribution in [0.2, 0.25) is 25.7 Å². The molecule has 2 atom stereocenters. The van der Waals surface area contributed by atoms with Crippen LogP contribution in [-0.2, 0) is 37.2 Å². The average Bonchev–Trinajstić information content (AvgIpc) is 4.05. The van der Waals surface area contributed by atoms with Crippen LogP contribution in [0.25, 0.3) is 0 Å². The lowest BCUT2D eigenvalue weighted by molar-refractivity contribution is 0.0667. The lowest BCUT2D eigenvalue weighted by Gasteiger charge is -2.30. The number of hydrogen-bond acceptors (Lipinski definition) is 12. The highest BCUT2D eigenvalue weighted by atomic mass is 28.3. The van der Waals surface area contributed by atoms with Crippen molar-refractivity contribution in [2.24, 2.45) is 10.8 Å². The Bertz CT molecular complexity index is 2360. The molecule has 1 amide bonds. The number of carbonyl (C=O) groups is 2. The maximum absolute atomic E-state index is 12.7. The number of carboxylic acid groups (broad SMARTS) is 1. The number of nitrogens with zero attached hydrogens (tertiary/aromatic N) is 9. The Hall–Kier alpha value is -5.82. The average molecular weight is 857 g/mol. The number of nitrogen functional groups attached to an aromatic ring is 1. The van der Waals surface area contributed by atoms with E-state index in [9.17, 15) is 14.7 Å². The molecule has 2 aliphatic carbocycles. The first-order chi connectivity index (χ1) is 28.8. The molecular formula is C42H60N12O6Si. The molecular weight excluding hydrogens is 797 g/mol. The van der Waals surface area contributed by atoms with Gasteiger partial charge in [0.25, 0.3) is 5.91 Å². The van der Waals surface area contributed by atoms with Crippen molar-refractivity contribution in [3.63, 3.8) is 0 Å². The van der Waals surface area contributed by atoms with E-state index in [1.54, 1.807) is 57.5 Å². The minimum absolute atomic E-state index is 0.0210. The van der Waals surface area contributed by atoms with Gasteiger partial charge >= 0.3 is 5.97 Å². The van der Waals surface area contributed by atoms with Crippen LogP contribution in [-0.4, -0.2) is 81.2 Å². The Labute approximate surface area is 356 Å². The van der Waals surface area contributed by atoms with E-state index in [-0.39, 0.29) is 34.5 Å². The third-order valence-electron chi connectivity index (χ3n) is 11.0. The molecule has 6 aromatic heterocycles. The number of aromatic carboxylic acids is 1. The molecule has 0 aromatic carbocycles. The molecule has 0 fully saturated rings. The minimum atomic E-state index is -1.11. The third-order valence-corrected chi connectivity index (χ3v) is 12.7. The van der Waals surface area contributed by atoms with E-state index >= 15 is 0 Å². The van der Waals surface area contributed by atoms with Crippen molar-refractivity contribution in [1.82, 2.24) is 49.5 Å². The number of nitrogens with one attached hydrogen (secondary N) is 2. The SMILES string of the molecule is CC(c1ncco1)n1cc(N)cn1.CC(c1ncco1)n1cc(NC(=O)c2n[nH]c3c2CCC(C)(C)C3)cn1.CC1(C)CCc2c(C(=O)O)nn(COCC[Si](C)(C)C)c2C1. The minimum Gasteiger partial charge on any atom is -0.476 e. The van der Waals surface area contributed by atoms with E-state index in [4.69, 9.17) is 19.3 Å². The summed E-state index contributed by atoms with van der Waals surface area (Å²) in [6.07, 6.45) is 18.5. The molecule has 0 bridgehead atoms. The molecule has 0 radical (unpaired) electrons. The van der Waals surface area contributed by atoms with Gasteiger partial charge in [0.1, 0.15) is 31.3 Å². The molecule has 0 saturated carbocycles. The topological polar surface area (TPSA) is 236 Å². The van der Waals surface area contributed by atoms with Gasteiger partial charge in [-0.25, -0.2) is 19.4 Å². The van der Waals surface area contributed by atoms with Gasteiger partial charge in [-0.05, 0) is 69.2 Å². The molecule has 19 heteroatoms. The second kappa shape index (κ2) is 18.4. The quantitative estimate of drug-likeness (QED) is 0.0693. The Kier molecular flexibility index (Phi) is 13.5. The van der Waals surface area contributed by atoms with E-state index in [1.807, 2.05) is 13.8 Å². The van der Waals surface area contributed by atoms with Gasteiger partial charge in [-0.3, -0.25) is 19.3 Å². The number of rotatable bonds is 12. The summed E-state index contributed by atoms with van der Waals surface area (Å²) in [5, 5.41) is 32.2. The summed E-state index contributed by atoms with van der Waals surface area (Å²) in [6.45, 7) is 20.8. The van der Waals surface area contributed by atoms with Crippen molar-refractivity contribution in [2.75, 3.05) is 17.7 Å². The molecule has 2 aliphatic rings. The van der Waals surface area contributed by atoms with E-state index in [0.29, 0.717) is 35.6 Å². The number of anilines is 2. The lowest BCUT2D eigenvalue weighted by Crippen LogP contribution is -2.25. The number of hydrogen-bond donors (Lipinski definition) is 4. The van der Waals surface area contributed by atoms with Gasteiger partial charge in [0.15, 0.2) is 11.4 Å². The Morgan fingerprint density at radius 3 is 2.10 bits per heavy atom. The maximum Gasteiger partial charge on any atom is 0.356 e. The monoisotopic (exact) mass is 856 g/mol. The van der Waals surface area contributed by atoms with Crippen LogP contribution in [0.15, 0.2) is 58.5 Å². The number of aromatic nitrogens is 10. The van der Waals surface area contributed by atoms with E-state index in [0.717, 1.165) is 73.7 Å². The standard InChI is InChI=1S/C18H22N6O2.C16H28N2O3Si.C8H10N4O/c1-11(17-19-6-7-26-17)24-10-12(9-20-24)21-16(25)15-13-4-5-18(2,3)8-14(13)22-23-15;1-16(2)7-6-12-13(10-16)18(17-14(12)15(19)20)11-21-8-9-22(3,4)5;1-6(8-10-2-3-13-8)12-5-7(9)4-11-12/h6-7,9-11H,4-5,8H2,1-3H3,(H,21,25)(H,22,23);6-11H2,1-5H3,(H,19,20);2-6H,9H2,1H3. The Balaban J connectivity index is 0.000000161. The van der Waals surface area contributed by atoms with Crippen molar-refractivity contribution < 1.29 is 28.3 Å². The third kappa shape index (κ3) is 11.5. The molecule has 0 saturated heterocycles. The molecule has 8 rings (SSSR count). The number of H-pyrrole nitrogens is 1. The number of nitrogens with two attached hydrogens (primary N) is 1. The molecule has 5 N–H and O–H groups in total. The van der Waals surface area contributed by atoms with E-state index < -0.39 is 14.0 Å². The second-order valence-corrected chi connectivity index (χ2v) is 24.3. The molecule has 6 heterocycles. The van der Waals surface area contributed by atoms with Gasteiger partial charge in [0.2, 0.25) is 11.8 Å². The fraction of sp³-hybridized carbons (Fsp3) is 0.524. The summed E-state index contributed by atoms with van der Waals surface area (Å²) in [7, 11) is -1.11. The van der Waals surface area contributed by atoms with Gasteiger partial charge in [0.05, 0.1) is 36.2 Å². The first-order valence-corrected chi connectivity index (χ1v) is 24.4. The summed E-state index contributed by atoms with van der Waals surface area (Å²) in [5.41, 5.74) is 11.9. The van der Waals surface area contributed by atoms with Crippen molar-refractivity contribution in [3.05, 3.63) is 95.4 Å². The highest BCUT2D eigenvalue weighted by molar-refractivity contribution is 6.76. The lowest BCUT2D eigenvalue weighted by atomic mass is 9.76. The van der Waals surface area contributed by atoms with Gasteiger partial charge in [-0.15, -0.1) is 0 Å². The number of oxazole rings is 2. The molecule has 328 valence electrons. The molecule has 18 nitrogen and oxygen atoms in total.